The number of pyridine rings is 1. The van der Waals surface area contributed by atoms with Gasteiger partial charge in [-0.1, -0.05) is 54.6 Å². The quantitative estimate of drug-likeness (QED) is 0.549. The number of aromatic nitrogens is 1. The van der Waals surface area contributed by atoms with Gasteiger partial charge in [-0.05, 0) is 30.7 Å². The highest BCUT2D eigenvalue weighted by Crippen LogP contribution is 2.38. The molecule has 1 atom stereocenters. The number of rotatable bonds is 3. The zero-order valence-electron chi connectivity index (χ0n) is 18.1. The molecule has 0 radical (unpaired) electrons. The number of fused-ring (bicyclic) bond motifs is 5. The number of halogens is 1. The monoisotopic (exact) mass is 465 g/mol. The van der Waals surface area contributed by atoms with Crippen LogP contribution >= 0.6 is 11.6 Å². The molecule has 2 aromatic rings. The molecule has 1 amide bonds. The third kappa shape index (κ3) is 4.32. The standard InChI is InChI=1S/C25H24ClN3O4/c1-3-4-5-8-17(2)22-19-10-9-18(26)15-21(19)33-14-7-6-12-27-16-29(22)28-13-11-20(30)24(31)23(28)25(27)32/h3-11,13,15,22,31H,2,12,14,16H2,1H3/b4-3-,7-6+,8-5-/t22-/m1/s1. The molecule has 0 aliphatic carbocycles. The number of carbonyl (C=O) groups excluding carboxylic acids is 1. The SMILES string of the molecule is C=C(/C=C\C=C/C)[C@@H]1c2ccc(Cl)cc2OC/C=C/CN2CN1n1ccc(=O)c(O)c1C2=O. The highest BCUT2D eigenvalue weighted by Gasteiger charge is 2.37. The van der Waals surface area contributed by atoms with Gasteiger partial charge in [0.2, 0.25) is 5.43 Å². The van der Waals surface area contributed by atoms with Crippen LogP contribution in [-0.4, -0.2) is 40.4 Å². The van der Waals surface area contributed by atoms with Crippen molar-refractivity contribution in [1.82, 2.24) is 9.58 Å². The molecule has 2 aliphatic heterocycles. The lowest BCUT2D eigenvalue weighted by Gasteiger charge is -2.44. The van der Waals surface area contributed by atoms with E-state index in [4.69, 9.17) is 16.3 Å². The van der Waals surface area contributed by atoms with Crippen LogP contribution in [-0.2, 0) is 0 Å². The summed E-state index contributed by atoms with van der Waals surface area (Å²) in [5, 5.41) is 12.9. The lowest BCUT2D eigenvalue weighted by molar-refractivity contribution is 0.0701. The molecule has 0 unspecified atom stereocenters. The van der Waals surface area contributed by atoms with Gasteiger partial charge in [0, 0.05) is 29.4 Å². The van der Waals surface area contributed by atoms with E-state index >= 15 is 0 Å². The van der Waals surface area contributed by atoms with Gasteiger partial charge >= 0.3 is 0 Å². The molecule has 0 saturated carbocycles. The van der Waals surface area contributed by atoms with Crippen LogP contribution < -0.4 is 15.2 Å². The number of ether oxygens (including phenoxy) is 1. The van der Waals surface area contributed by atoms with Crippen molar-refractivity contribution >= 4 is 17.5 Å². The van der Waals surface area contributed by atoms with Crippen LogP contribution in [0.4, 0.5) is 0 Å². The molecule has 2 aliphatic rings. The maximum absolute atomic E-state index is 13.2. The molecule has 4 rings (SSSR count). The number of benzene rings is 1. The van der Waals surface area contributed by atoms with E-state index in [-0.39, 0.29) is 18.9 Å². The van der Waals surface area contributed by atoms with Crippen molar-refractivity contribution < 1.29 is 14.6 Å². The number of nitrogens with zero attached hydrogens (tertiary/aromatic N) is 3. The first-order valence-electron chi connectivity index (χ1n) is 10.5. The number of allylic oxidation sites excluding steroid dienone is 3. The molecule has 0 spiro atoms. The summed E-state index contributed by atoms with van der Waals surface area (Å²) in [4.78, 5) is 26.9. The van der Waals surface area contributed by atoms with E-state index < -0.39 is 23.1 Å². The Balaban J connectivity index is 1.98. The van der Waals surface area contributed by atoms with Gasteiger partial charge < -0.3 is 14.7 Å². The summed E-state index contributed by atoms with van der Waals surface area (Å²) in [6.45, 7) is 6.98. The van der Waals surface area contributed by atoms with Gasteiger partial charge in [0.05, 0.1) is 0 Å². The fourth-order valence-corrected chi connectivity index (χ4v) is 4.10. The third-order valence-electron chi connectivity index (χ3n) is 5.50. The second kappa shape index (κ2) is 9.42. The Morgan fingerprint density at radius 2 is 2.06 bits per heavy atom. The van der Waals surface area contributed by atoms with Gasteiger partial charge in [0.15, 0.2) is 11.4 Å². The van der Waals surface area contributed by atoms with Gasteiger partial charge in [-0.15, -0.1) is 0 Å². The molecule has 0 saturated heterocycles. The van der Waals surface area contributed by atoms with Crippen LogP contribution in [0.2, 0.25) is 5.02 Å². The lowest BCUT2D eigenvalue weighted by Crippen LogP contribution is -2.55. The van der Waals surface area contributed by atoms with Crippen molar-refractivity contribution in [3.05, 3.63) is 106 Å². The van der Waals surface area contributed by atoms with E-state index in [1.165, 1.54) is 16.9 Å². The average Bonchev–Trinajstić information content (AvgIpc) is 2.82. The molecule has 0 fully saturated rings. The summed E-state index contributed by atoms with van der Waals surface area (Å²) < 4.78 is 7.55. The number of aromatic hydroxyl groups is 1. The lowest BCUT2D eigenvalue weighted by atomic mass is 9.97. The van der Waals surface area contributed by atoms with Crippen LogP contribution in [0.3, 0.4) is 0 Å². The van der Waals surface area contributed by atoms with Crippen LogP contribution in [0.25, 0.3) is 0 Å². The molecule has 1 aromatic heterocycles. The minimum absolute atomic E-state index is 0.0898. The van der Waals surface area contributed by atoms with E-state index in [2.05, 4.69) is 6.58 Å². The normalized spacial score (nSPS) is 19.1. The van der Waals surface area contributed by atoms with E-state index in [0.717, 1.165) is 5.56 Å². The van der Waals surface area contributed by atoms with Crippen LogP contribution in [0.15, 0.2) is 83.9 Å². The molecule has 8 heteroatoms. The third-order valence-corrected chi connectivity index (χ3v) is 5.73. The molecule has 33 heavy (non-hydrogen) atoms. The molecular formula is C25H24ClN3O4. The minimum atomic E-state index is -0.616. The predicted octanol–water partition coefficient (Wildman–Crippen LogP) is 3.94. The minimum Gasteiger partial charge on any atom is -0.502 e. The molecule has 2 bridgehead atoms. The Labute approximate surface area is 196 Å². The Morgan fingerprint density at radius 3 is 2.85 bits per heavy atom. The van der Waals surface area contributed by atoms with E-state index in [1.807, 2.05) is 54.5 Å². The number of hydrogen-bond acceptors (Lipinski definition) is 5. The van der Waals surface area contributed by atoms with E-state index in [9.17, 15) is 14.7 Å². The Hall–Kier alpha value is -3.71. The van der Waals surface area contributed by atoms with Crippen molar-refractivity contribution in [3.8, 4) is 11.5 Å². The Kier molecular flexibility index (Phi) is 6.42. The van der Waals surface area contributed by atoms with Crippen molar-refractivity contribution in [1.29, 1.82) is 0 Å². The highest BCUT2D eigenvalue weighted by molar-refractivity contribution is 6.30. The van der Waals surface area contributed by atoms with Crippen molar-refractivity contribution in [2.24, 2.45) is 0 Å². The number of carbonyl (C=O) groups is 1. The smallest absolute Gasteiger partial charge is 0.278 e. The second-order valence-electron chi connectivity index (χ2n) is 7.66. The molecule has 1 aromatic carbocycles. The Bertz CT molecular complexity index is 1240. The van der Waals surface area contributed by atoms with Gasteiger partial charge in [0.1, 0.15) is 25.1 Å². The predicted molar refractivity (Wildman–Crippen MR) is 128 cm³/mol. The summed E-state index contributed by atoms with van der Waals surface area (Å²) in [6, 6.07) is 6.12. The summed E-state index contributed by atoms with van der Waals surface area (Å²) in [6.07, 6.45) is 12.7. The zero-order valence-corrected chi connectivity index (χ0v) is 18.9. The van der Waals surface area contributed by atoms with Gasteiger partial charge in [-0.3, -0.25) is 19.3 Å². The van der Waals surface area contributed by atoms with Crippen molar-refractivity contribution in [2.45, 2.75) is 13.0 Å². The number of amides is 1. The zero-order chi connectivity index (χ0) is 23.5. The molecular weight excluding hydrogens is 442 g/mol. The summed E-state index contributed by atoms with van der Waals surface area (Å²) in [5.41, 5.74) is 0.789. The average molecular weight is 466 g/mol. The van der Waals surface area contributed by atoms with Gasteiger partial charge in [-0.2, -0.15) is 0 Å². The molecule has 3 heterocycles. The van der Waals surface area contributed by atoms with Gasteiger partial charge in [-0.25, -0.2) is 0 Å². The van der Waals surface area contributed by atoms with E-state index in [0.29, 0.717) is 23.0 Å². The number of hydrogen-bond donors (Lipinski definition) is 1. The van der Waals surface area contributed by atoms with Crippen molar-refractivity contribution in [3.63, 3.8) is 0 Å². The fraction of sp³-hybridized carbons (Fsp3) is 0.200. The topological polar surface area (TPSA) is 75.0 Å². The first-order chi connectivity index (χ1) is 15.9. The fourth-order valence-electron chi connectivity index (χ4n) is 3.93. The molecule has 170 valence electrons. The summed E-state index contributed by atoms with van der Waals surface area (Å²) >= 11 is 6.27. The van der Waals surface area contributed by atoms with Crippen LogP contribution in [0, 0.1) is 0 Å². The van der Waals surface area contributed by atoms with Crippen LogP contribution in [0.1, 0.15) is 29.0 Å². The van der Waals surface area contributed by atoms with E-state index in [1.54, 1.807) is 17.0 Å². The summed E-state index contributed by atoms with van der Waals surface area (Å²) in [5.74, 6) is -0.441. The maximum atomic E-state index is 13.2. The van der Waals surface area contributed by atoms with Crippen molar-refractivity contribution in [2.75, 3.05) is 24.8 Å². The Morgan fingerprint density at radius 1 is 1.24 bits per heavy atom. The van der Waals surface area contributed by atoms with Gasteiger partial charge in [0.25, 0.3) is 5.91 Å². The highest BCUT2D eigenvalue weighted by atomic mass is 35.5. The molecule has 7 nitrogen and oxygen atoms in total. The van der Waals surface area contributed by atoms with Crippen LogP contribution in [0.5, 0.6) is 11.5 Å². The second-order valence-corrected chi connectivity index (χ2v) is 8.09. The first kappa shape index (κ1) is 22.5. The molecule has 1 N–H and O–H groups in total. The first-order valence-corrected chi connectivity index (χ1v) is 10.9. The maximum Gasteiger partial charge on any atom is 0.278 e. The largest absolute Gasteiger partial charge is 0.502 e. The summed E-state index contributed by atoms with van der Waals surface area (Å²) in [7, 11) is 0.